The first-order chi connectivity index (χ1) is 10.6. The maximum absolute atomic E-state index is 11.7. The van der Waals surface area contributed by atoms with Gasteiger partial charge in [0, 0.05) is 5.56 Å². The zero-order valence-electron chi connectivity index (χ0n) is 11.9. The van der Waals surface area contributed by atoms with E-state index in [-0.39, 0.29) is 6.61 Å². The molecular formula is C16H15NO5. The van der Waals surface area contributed by atoms with Gasteiger partial charge in [-0.3, -0.25) is 4.79 Å². The van der Waals surface area contributed by atoms with Crippen molar-refractivity contribution in [3.8, 4) is 17.2 Å². The fourth-order valence-corrected chi connectivity index (χ4v) is 1.66. The van der Waals surface area contributed by atoms with Gasteiger partial charge in [-0.05, 0) is 48.5 Å². The zero-order chi connectivity index (χ0) is 15.9. The average molecular weight is 301 g/mol. The summed E-state index contributed by atoms with van der Waals surface area (Å²) in [6.07, 6.45) is 0. The van der Waals surface area contributed by atoms with Crippen LogP contribution in [0.15, 0.2) is 48.5 Å². The van der Waals surface area contributed by atoms with Crippen molar-refractivity contribution in [1.29, 1.82) is 0 Å². The number of amides is 1. The highest BCUT2D eigenvalue weighted by Gasteiger charge is 2.07. The fourth-order valence-electron chi connectivity index (χ4n) is 1.66. The molecule has 0 spiro atoms. The average Bonchev–Trinajstić information content (AvgIpc) is 2.54. The Labute approximate surface area is 127 Å². The number of hydrogen-bond donors (Lipinski definition) is 1. The first-order valence-electron chi connectivity index (χ1n) is 6.46. The van der Waals surface area contributed by atoms with Gasteiger partial charge >= 0.3 is 5.97 Å². The minimum absolute atomic E-state index is 0.232. The molecule has 1 amide bonds. The minimum Gasteiger partial charge on any atom is -0.497 e. The molecule has 0 unspecified atom stereocenters. The first-order valence-corrected chi connectivity index (χ1v) is 6.46. The number of methoxy groups -OCH3 is 1. The molecule has 0 heterocycles. The SMILES string of the molecule is COc1ccc(OCC(=O)Oc2ccc(C(N)=O)cc2)cc1. The van der Waals surface area contributed by atoms with Gasteiger partial charge in [0.15, 0.2) is 6.61 Å². The molecule has 0 saturated carbocycles. The molecule has 0 aliphatic rings. The number of ether oxygens (including phenoxy) is 3. The Bertz CT molecular complexity index is 649. The van der Waals surface area contributed by atoms with E-state index in [1.165, 1.54) is 24.3 Å². The van der Waals surface area contributed by atoms with Crippen LogP contribution >= 0.6 is 0 Å². The summed E-state index contributed by atoms with van der Waals surface area (Å²) in [5.74, 6) is 0.447. The van der Waals surface area contributed by atoms with Crippen molar-refractivity contribution in [3.63, 3.8) is 0 Å². The lowest BCUT2D eigenvalue weighted by molar-refractivity contribution is -0.136. The molecular weight excluding hydrogens is 286 g/mol. The van der Waals surface area contributed by atoms with Crippen LogP contribution in [0.1, 0.15) is 10.4 Å². The maximum atomic E-state index is 11.7. The lowest BCUT2D eigenvalue weighted by Crippen LogP contribution is -2.17. The second kappa shape index (κ2) is 7.12. The summed E-state index contributed by atoms with van der Waals surface area (Å²) in [5.41, 5.74) is 5.46. The van der Waals surface area contributed by atoms with Gasteiger partial charge < -0.3 is 19.9 Å². The Hall–Kier alpha value is -3.02. The quantitative estimate of drug-likeness (QED) is 0.649. The van der Waals surface area contributed by atoms with Crippen LogP contribution in [0.25, 0.3) is 0 Å². The summed E-state index contributed by atoms with van der Waals surface area (Å²) in [4.78, 5) is 22.6. The standard InChI is InChI=1S/C16H15NO5/c1-20-12-6-8-13(9-7-12)21-10-15(18)22-14-4-2-11(3-5-14)16(17)19/h2-9H,10H2,1H3,(H2,17,19). The monoisotopic (exact) mass is 301 g/mol. The summed E-state index contributed by atoms with van der Waals surface area (Å²) in [6.45, 7) is -0.232. The lowest BCUT2D eigenvalue weighted by atomic mass is 10.2. The van der Waals surface area contributed by atoms with Crippen molar-refractivity contribution in [1.82, 2.24) is 0 Å². The largest absolute Gasteiger partial charge is 0.497 e. The van der Waals surface area contributed by atoms with Gasteiger partial charge in [0.05, 0.1) is 7.11 Å². The maximum Gasteiger partial charge on any atom is 0.349 e. The van der Waals surface area contributed by atoms with Crippen LogP contribution in [0.3, 0.4) is 0 Å². The normalized spacial score (nSPS) is 9.86. The molecule has 2 rings (SSSR count). The number of carbonyl (C=O) groups excluding carboxylic acids is 2. The van der Waals surface area contributed by atoms with E-state index in [4.69, 9.17) is 19.9 Å². The van der Waals surface area contributed by atoms with Crippen molar-refractivity contribution in [2.45, 2.75) is 0 Å². The zero-order valence-corrected chi connectivity index (χ0v) is 11.9. The van der Waals surface area contributed by atoms with Crippen LogP contribution < -0.4 is 19.9 Å². The molecule has 6 heteroatoms. The second-order valence-corrected chi connectivity index (χ2v) is 4.33. The molecule has 0 aliphatic heterocycles. The topological polar surface area (TPSA) is 87.8 Å². The molecule has 0 atom stereocenters. The van der Waals surface area contributed by atoms with E-state index in [1.54, 1.807) is 31.4 Å². The summed E-state index contributed by atoms with van der Waals surface area (Å²) < 4.78 is 15.4. The number of nitrogens with two attached hydrogens (primary N) is 1. The highest BCUT2D eigenvalue weighted by Crippen LogP contribution is 2.17. The lowest BCUT2D eigenvalue weighted by Gasteiger charge is -2.07. The predicted molar refractivity (Wildman–Crippen MR) is 79.1 cm³/mol. The second-order valence-electron chi connectivity index (χ2n) is 4.33. The van der Waals surface area contributed by atoms with Gasteiger partial charge in [-0.1, -0.05) is 0 Å². The fraction of sp³-hybridized carbons (Fsp3) is 0.125. The van der Waals surface area contributed by atoms with Crippen LogP contribution in [0.2, 0.25) is 0 Å². The summed E-state index contributed by atoms with van der Waals surface area (Å²) in [6, 6.07) is 12.8. The highest BCUT2D eigenvalue weighted by molar-refractivity contribution is 5.92. The van der Waals surface area contributed by atoms with E-state index in [1.807, 2.05) is 0 Å². The number of esters is 1. The van der Waals surface area contributed by atoms with Crippen LogP contribution in [0.4, 0.5) is 0 Å². The molecule has 2 aromatic rings. The van der Waals surface area contributed by atoms with Crippen LogP contribution in [0.5, 0.6) is 17.2 Å². The third kappa shape index (κ3) is 4.24. The molecule has 2 N–H and O–H groups in total. The van der Waals surface area contributed by atoms with Gasteiger partial charge in [0.2, 0.25) is 5.91 Å². The van der Waals surface area contributed by atoms with Crippen molar-refractivity contribution >= 4 is 11.9 Å². The summed E-state index contributed by atoms with van der Waals surface area (Å²) in [5, 5.41) is 0. The molecule has 2 aromatic carbocycles. The van der Waals surface area contributed by atoms with Gasteiger partial charge in [-0.15, -0.1) is 0 Å². The molecule has 0 bridgehead atoms. The van der Waals surface area contributed by atoms with Crippen LogP contribution in [-0.2, 0) is 4.79 Å². The van der Waals surface area contributed by atoms with E-state index in [0.29, 0.717) is 22.8 Å². The smallest absolute Gasteiger partial charge is 0.349 e. The molecule has 6 nitrogen and oxygen atoms in total. The van der Waals surface area contributed by atoms with Crippen LogP contribution in [-0.4, -0.2) is 25.6 Å². The molecule has 0 saturated heterocycles. The van der Waals surface area contributed by atoms with Gasteiger partial charge in [-0.25, -0.2) is 4.79 Å². The molecule has 22 heavy (non-hydrogen) atoms. The Balaban J connectivity index is 1.85. The molecule has 0 fully saturated rings. The Morgan fingerprint density at radius 3 is 2.00 bits per heavy atom. The first kappa shape index (κ1) is 15.4. The molecule has 114 valence electrons. The highest BCUT2D eigenvalue weighted by atomic mass is 16.6. The van der Waals surface area contributed by atoms with Crippen molar-refractivity contribution in [2.24, 2.45) is 5.73 Å². The van der Waals surface area contributed by atoms with Gasteiger partial charge in [0.25, 0.3) is 0 Å². The van der Waals surface area contributed by atoms with E-state index in [2.05, 4.69) is 0 Å². The molecule has 0 aliphatic carbocycles. The summed E-state index contributed by atoms with van der Waals surface area (Å²) >= 11 is 0. The van der Waals surface area contributed by atoms with Crippen molar-refractivity contribution in [3.05, 3.63) is 54.1 Å². The van der Waals surface area contributed by atoms with E-state index in [0.717, 1.165) is 0 Å². The van der Waals surface area contributed by atoms with E-state index < -0.39 is 11.9 Å². The Morgan fingerprint density at radius 1 is 0.909 bits per heavy atom. The van der Waals surface area contributed by atoms with Gasteiger partial charge in [-0.2, -0.15) is 0 Å². The summed E-state index contributed by atoms with van der Waals surface area (Å²) in [7, 11) is 1.57. The number of carbonyl (C=O) groups is 2. The van der Waals surface area contributed by atoms with Crippen LogP contribution in [0, 0.1) is 0 Å². The number of primary amides is 1. The Kier molecular flexibility index (Phi) is 4.98. The third-order valence-electron chi connectivity index (χ3n) is 2.79. The molecule has 0 radical (unpaired) electrons. The van der Waals surface area contributed by atoms with Gasteiger partial charge in [0.1, 0.15) is 17.2 Å². The minimum atomic E-state index is -0.553. The number of hydrogen-bond acceptors (Lipinski definition) is 5. The number of rotatable bonds is 6. The predicted octanol–water partition coefficient (Wildman–Crippen LogP) is 1.78. The van der Waals surface area contributed by atoms with E-state index in [9.17, 15) is 9.59 Å². The van der Waals surface area contributed by atoms with Crippen molar-refractivity contribution in [2.75, 3.05) is 13.7 Å². The van der Waals surface area contributed by atoms with E-state index >= 15 is 0 Å². The number of benzene rings is 2. The third-order valence-corrected chi connectivity index (χ3v) is 2.79. The Morgan fingerprint density at radius 2 is 1.45 bits per heavy atom. The molecule has 0 aromatic heterocycles. The van der Waals surface area contributed by atoms with Crippen molar-refractivity contribution < 1.29 is 23.8 Å².